The molecule has 0 saturated carbocycles. The van der Waals surface area contributed by atoms with Crippen molar-refractivity contribution in [3.63, 3.8) is 0 Å². The van der Waals surface area contributed by atoms with Crippen molar-refractivity contribution in [1.29, 1.82) is 0 Å². The van der Waals surface area contributed by atoms with Gasteiger partial charge in [0.1, 0.15) is 5.75 Å². The molecule has 1 N–H and O–H groups in total. The Bertz CT molecular complexity index is 467. The van der Waals surface area contributed by atoms with Crippen LogP contribution < -0.4 is 5.32 Å². The van der Waals surface area contributed by atoms with E-state index in [0.717, 1.165) is 11.8 Å². The summed E-state index contributed by atoms with van der Waals surface area (Å²) in [4.78, 5) is 11.3. The van der Waals surface area contributed by atoms with Gasteiger partial charge in [-0.1, -0.05) is 12.1 Å². The third-order valence-electron chi connectivity index (χ3n) is 1.79. The van der Waals surface area contributed by atoms with E-state index in [-0.39, 0.29) is 0 Å². The Morgan fingerprint density at radius 2 is 1.88 bits per heavy atom. The lowest BCUT2D eigenvalue weighted by molar-refractivity contribution is -0.113. The van der Waals surface area contributed by atoms with E-state index in [4.69, 9.17) is 11.6 Å². The second-order valence-electron chi connectivity index (χ2n) is 3.45. The van der Waals surface area contributed by atoms with Crippen molar-refractivity contribution < 1.29 is 13.2 Å². The summed E-state index contributed by atoms with van der Waals surface area (Å²) in [6.45, 7) is 0. The fourth-order valence-corrected chi connectivity index (χ4v) is 1.84. The molecule has 0 aromatic heterocycles. The molecule has 0 unspecified atom stereocenters. The monoisotopic (exact) mass is 261 g/mol. The largest absolute Gasteiger partial charge is 0.325 e. The third kappa shape index (κ3) is 4.63. The maximum atomic E-state index is 11.3. The number of hydrogen-bond acceptors (Lipinski definition) is 3. The van der Waals surface area contributed by atoms with Crippen LogP contribution in [0.2, 0.25) is 0 Å². The summed E-state index contributed by atoms with van der Waals surface area (Å²) in [5, 5.41) is 2.49. The molecule has 0 atom stereocenters. The molecule has 0 bridgehead atoms. The molecule has 0 aliphatic rings. The van der Waals surface area contributed by atoms with Crippen LogP contribution in [0.25, 0.3) is 0 Å². The molecular weight excluding hydrogens is 250 g/mol. The Hall–Kier alpha value is -1.07. The second-order valence-corrected chi connectivity index (χ2v) is 5.86. The lowest BCUT2D eigenvalue weighted by Gasteiger charge is -2.04. The zero-order chi connectivity index (χ0) is 12.2. The van der Waals surface area contributed by atoms with Gasteiger partial charge in [0.25, 0.3) is 0 Å². The third-order valence-corrected chi connectivity index (χ3v) is 2.88. The van der Waals surface area contributed by atoms with Crippen LogP contribution in [0.3, 0.4) is 0 Å². The molecule has 0 fully saturated rings. The molecule has 0 radical (unpaired) electrons. The molecule has 4 nitrogen and oxygen atoms in total. The summed E-state index contributed by atoms with van der Waals surface area (Å²) in [6.07, 6.45) is 1.02. The van der Waals surface area contributed by atoms with E-state index in [2.05, 4.69) is 5.32 Å². The number of alkyl halides is 1. The van der Waals surface area contributed by atoms with E-state index in [1.54, 1.807) is 24.3 Å². The zero-order valence-electron chi connectivity index (χ0n) is 8.73. The highest BCUT2D eigenvalue weighted by Crippen LogP contribution is 2.11. The van der Waals surface area contributed by atoms with Crippen LogP contribution in [0, 0.1) is 0 Å². The molecule has 1 rings (SSSR count). The lowest BCUT2D eigenvalue weighted by Crippen LogP contribution is -2.21. The van der Waals surface area contributed by atoms with Gasteiger partial charge in [0, 0.05) is 17.8 Å². The quantitative estimate of drug-likeness (QED) is 0.834. The van der Waals surface area contributed by atoms with Gasteiger partial charge in [0.15, 0.2) is 9.84 Å². The van der Waals surface area contributed by atoms with Crippen LogP contribution in [0.4, 0.5) is 5.69 Å². The van der Waals surface area contributed by atoms with E-state index in [9.17, 15) is 13.2 Å². The summed E-state index contributed by atoms with van der Waals surface area (Å²) < 4.78 is 21.7. The molecule has 16 heavy (non-hydrogen) atoms. The zero-order valence-corrected chi connectivity index (χ0v) is 10.3. The number of sulfone groups is 1. The molecule has 6 heteroatoms. The normalized spacial score (nSPS) is 11.1. The maximum absolute atomic E-state index is 11.3. The average molecular weight is 262 g/mol. The first-order valence-corrected chi connectivity index (χ1v) is 7.13. The SMILES string of the molecule is CS(=O)(=O)CC(=O)Nc1ccc(CCl)cc1. The van der Waals surface area contributed by atoms with Gasteiger partial charge in [-0.05, 0) is 17.7 Å². The fraction of sp³-hybridized carbons (Fsp3) is 0.300. The van der Waals surface area contributed by atoms with Gasteiger partial charge in [0.2, 0.25) is 5.91 Å². The van der Waals surface area contributed by atoms with Gasteiger partial charge in [-0.3, -0.25) is 4.79 Å². The number of rotatable bonds is 4. The Morgan fingerprint density at radius 3 is 2.31 bits per heavy atom. The first-order valence-electron chi connectivity index (χ1n) is 4.53. The van der Waals surface area contributed by atoms with E-state index in [0.29, 0.717) is 11.6 Å². The Labute approximate surface area is 99.5 Å². The molecule has 0 aliphatic heterocycles. The van der Waals surface area contributed by atoms with Crippen molar-refractivity contribution in [2.75, 3.05) is 17.3 Å². The molecule has 0 heterocycles. The van der Waals surface area contributed by atoms with Crippen LogP contribution in [0.15, 0.2) is 24.3 Å². The standard InChI is InChI=1S/C10H12ClNO3S/c1-16(14,15)7-10(13)12-9-4-2-8(6-11)3-5-9/h2-5H,6-7H2,1H3,(H,12,13). The topological polar surface area (TPSA) is 63.2 Å². The average Bonchev–Trinajstić information content (AvgIpc) is 2.16. The highest BCUT2D eigenvalue weighted by Gasteiger charge is 2.10. The lowest BCUT2D eigenvalue weighted by atomic mass is 10.2. The highest BCUT2D eigenvalue weighted by atomic mass is 35.5. The van der Waals surface area contributed by atoms with Crippen LogP contribution >= 0.6 is 11.6 Å². The maximum Gasteiger partial charge on any atom is 0.239 e. The fourth-order valence-electron chi connectivity index (χ4n) is 1.11. The summed E-state index contributed by atoms with van der Waals surface area (Å²) in [5.41, 5.74) is 1.49. The Kier molecular flexibility index (Phi) is 4.32. The van der Waals surface area contributed by atoms with Crippen molar-refractivity contribution in [3.05, 3.63) is 29.8 Å². The number of amides is 1. The first kappa shape index (κ1) is 13.0. The number of carbonyl (C=O) groups is 1. The van der Waals surface area contributed by atoms with Crippen molar-refractivity contribution >= 4 is 33.0 Å². The van der Waals surface area contributed by atoms with Gasteiger partial charge in [0.05, 0.1) is 0 Å². The summed E-state index contributed by atoms with van der Waals surface area (Å²) in [6, 6.07) is 6.89. The molecular formula is C10H12ClNO3S. The molecule has 0 spiro atoms. The van der Waals surface area contributed by atoms with Crippen molar-refractivity contribution in [3.8, 4) is 0 Å². The summed E-state index contributed by atoms with van der Waals surface area (Å²) in [7, 11) is -3.29. The van der Waals surface area contributed by atoms with E-state index in [1.165, 1.54) is 0 Å². The number of anilines is 1. The molecule has 1 aromatic rings. The summed E-state index contributed by atoms with van der Waals surface area (Å²) in [5.74, 6) is -0.650. The van der Waals surface area contributed by atoms with Crippen molar-refractivity contribution in [1.82, 2.24) is 0 Å². The highest BCUT2D eigenvalue weighted by molar-refractivity contribution is 7.91. The predicted molar refractivity (Wildman–Crippen MR) is 64.3 cm³/mol. The number of benzene rings is 1. The molecule has 1 aromatic carbocycles. The molecule has 88 valence electrons. The minimum absolute atomic E-state index is 0.400. The number of hydrogen-bond donors (Lipinski definition) is 1. The number of carbonyl (C=O) groups excluding carboxylic acids is 1. The van der Waals surface area contributed by atoms with Gasteiger partial charge in [-0.2, -0.15) is 0 Å². The number of nitrogens with one attached hydrogen (secondary N) is 1. The Morgan fingerprint density at radius 1 is 1.31 bits per heavy atom. The minimum Gasteiger partial charge on any atom is -0.325 e. The van der Waals surface area contributed by atoms with Crippen LogP contribution in [0.1, 0.15) is 5.56 Å². The second kappa shape index (κ2) is 5.32. The Balaban J connectivity index is 2.63. The molecule has 0 saturated heterocycles. The summed E-state index contributed by atoms with van der Waals surface area (Å²) >= 11 is 5.61. The molecule has 1 amide bonds. The van der Waals surface area contributed by atoms with Crippen LogP contribution in [-0.4, -0.2) is 26.3 Å². The van der Waals surface area contributed by atoms with Gasteiger partial charge < -0.3 is 5.32 Å². The van der Waals surface area contributed by atoms with E-state index in [1.807, 2.05) is 0 Å². The van der Waals surface area contributed by atoms with Gasteiger partial charge >= 0.3 is 0 Å². The van der Waals surface area contributed by atoms with Crippen LogP contribution in [0.5, 0.6) is 0 Å². The first-order chi connectivity index (χ1) is 7.40. The molecule has 0 aliphatic carbocycles. The van der Waals surface area contributed by atoms with Crippen molar-refractivity contribution in [2.45, 2.75) is 5.88 Å². The number of halogens is 1. The van der Waals surface area contributed by atoms with Gasteiger partial charge in [-0.15, -0.1) is 11.6 Å². The minimum atomic E-state index is -3.29. The van der Waals surface area contributed by atoms with Crippen LogP contribution in [-0.2, 0) is 20.5 Å². The smallest absolute Gasteiger partial charge is 0.239 e. The predicted octanol–water partition coefficient (Wildman–Crippen LogP) is 1.41. The van der Waals surface area contributed by atoms with Gasteiger partial charge in [-0.25, -0.2) is 8.42 Å². The van der Waals surface area contributed by atoms with E-state index >= 15 is 0 Å². The van der Waals surface area contributed by atoms with E-state index < -0.39 is 21.5 Å². The van der Waals surface area contributed by atoms with Crippen molar-refractivity contribution in [2.24, 2.45) is 0 Å².